The normalized spacial score (nSPS) is 14.9. The van der Waals surface area contributed by atoms with Gasteiger partial charge in [0.05, 0.1) is 6.10 Å². The van der Waals surface area contributed by atoms with Gasteiger partial charge in [-0.25, -0.2) is 0 Å². The maximum atomic E-state index is 10.2. The number of hydrogen-bond acceptors (Lipinski definition) is 2. The van der Waals surface area contributed by atoms with E-state index in [1.807, 2.05) is 6.92 Å². The van der Waals surface area contributed by atoms with Crippen LogP contribution in [0.5, 0.6) is 0 Å². The summed E-state index contributed by atoms with van der Waals surface area (Å²) in [5.41, 5.74) is 0.911. The third-order valence-electron chi connectivity index (χ3n) is 3.62. The van der Waals surface area contributed by atoms with Crippen LogP contribution in [0.3, 0.4) is 0 Å². The van der Waals surface area contributed by atoms with Crippen molar-refractivity contribution < 1.29 is 5.11 Å². The lowest BCUT2D eigenvalue weighted by Gasteiger charge is -2.24. The Morgan fingerprint density at radius 1 is 1.05 bits per heavy atom. The summed E-state index contributed by atoms with van der Waals surface area (Å²) in [4.78, 5) is 0. The van der Waals surface area contributed by atoms with Crippen molar-refractivity contribution in [2.45, 2.75) is 78.9 Å². The van der Waals surface area contributed by atoms with E-state index in [0.717, 1.165) is 25.0 Å². The highest BCUT2D eigenvalue weighted by Gasteiger charge is 2.19. The largest absolute Gasteiger partial charge is 0.388 e. The van der Waals surface area contributed by atoms with Gasteiger partial charge < -0.3 is 10.4 Å². The van der Waals surface area contributed by atoms with Crippen molar-refractivity contribution in [2.24, 2.45) is 11.8 Å². The minimum atomic E-state index is -0.322. The molecule has 0 fully saturated rings. The van der Waals surface area contributed by atoms with Crippen molar-refractivity contribution in [3.63, 3.8) is 0 Å². The van der Waals surface area contributed by atoms with Crippen LogP contribution in [0.4, 0.5) is 0 Å². The first-order valence-corrected chi connectivity index (χ1v) is 7.91. The average Bonchev–Trinajstić information content (AvgIpc) is 2.30. The van der Waals surface area contributed by atoms with Gasteiger partial charge in [-0.1, -0.05) is 52.7 Å². The van der Waals surface area contributed by atoms with Gasteiger partial charge in [-0.15, -0.1) is 0 Å². The third-order valence-corrected chi connectivity index (χ3v) is 3.62. The first kappa shape index (κ1) is 18.7. The van der Waals surface area contributed by atoms with Crippen LogP contribution in [-0.4, -0.2) is 23.8 Å². The van der Waals surface area contributed by atoms with E-state index in [0.29, 0.717) is 17.9 Å². The fourth-order valence-electron chi connectivity index (χ4n) is 2.33. The van der Waals surface area contributed by atoms with Crippen LogP contribution >= 0.6 is 0 Å². The minimum absolute atomic E-state index is 0.322. The van der Waals surface area contributed by atoms with E-state index in [1.54, 1.807) is 0 Å². The Hall–Kier alpha value is -0.340. The SMILES string of the molecule is C=C(C)C(O)[C@@H](CCCCNC(C)C)CCC(C)C. The van der Waals surface area contributed by atoms with Crippen LogP contribution in [0.25, 0.3) is 0 Å². The van der Waals surface area contributed by atoms with Crippen molar-refractivity contribution in [3.05, 3.63) is 12.2 Å². The molecule has 2 N–H and O–H groups in total. The first-order chi connectivity index (χ1) is 8.84. The molecule has 114 valence electrons. The summed E-state index contributed by atoms with van der Waals surface area (Å²) in [6.45, 7) is 15.8. The Morgan fingerprint density at radius 2 is 1.68 bits per heavy atom. The maximum absolute atomic E-state index is 10.2. The Kier molecular flexibility index (Phi) is 10.3. The number of unbranched alkanes of at least 4 members (excludes halogenated alkanes) is 1. The highest BCUT2D eigenvalue weighted by atomic mass is 16.3. The molecule has 2 heteroatoms. The van der Waals surface area contributed by atoms with Crippen molar-refractivity contribution in [1.29, 1.82) is 0 Å². The topological polar surface area (TPSA) is 32.3 Å². The molecule has 0 amide bonds. The summed E-state index contributed by atoms with van der Waals surface area (Å²) in [5.74, 6) is 1.10. The number of hydrogen-bond donors (Lipinski definition) is 2. The molecule has 0 saturated carbocycles. The molecule has 2 nitrogen and oxygen atoms in total. The number of nitrogens with one attached hydrogen (secondary N) is 1. The highest BCUT2D eigenvalue weighted by Crippen LogP contribution is 2.24. The molecular formula is C17H35NO. The molecule has 0 saturated heterocycles. The Morgan fingerprint density at radius 3 is 2.16 bits per heavy atom. The second-order valence-electron chi connectivity index (χ2n) is 6.63. The molecule has 0 bridgehead atoms. The molecule has 0 aliphatic carbocycles. The fourth-order valence-corrected chi connectivity index (χ4v) is 2.33. The standard InChI is InChI=1S/C17H35NO/c1-13(2)10-11-16(17(19)14(3)4)9-7-8-12-18-15(5)6/h13,15-19H,3,7-12H2,1-2,4-6H3/t16-,17?/m0/s1. The van der Waals surface area contributed by atoms with Gasteiger partial charge in [-0.2, -0.15) is 0 Å². The van der Waals surface area contributed by atoms with Gasteiger partial charge in [-0.3, -0.25) is 0 Å². The van der Waals surface area contributed by atoms with Crippen molar-refractivity contribution in [3.8, 4) is 0 Å². The molecule has 0 rings (SSSR count). The van der Waals surface area contributed by atoms with Crippen molar-refractivity contribution in [1.82, 2.24) is 5.32 Å². The van der Waals surface area contributed by atoms with Gasteiger partial charge in [-0.05, 0) is 44.6 Å². The summed E-state index contributed by atoms with van der Waals surface area (Å²) in [6, 6.07) is 0.567. The molecule has 0 aromatic rings. The van der Waals surface area contributed by atoms with E-state index in [4.69, 9.17) is 0 Å². The van der Waals surface area contributed by atoms with Gasteiger partial charge in [0.2, 0.25) is 0 Å². The number of aliphatic hydroxyl groups is 1. The second kappa shape index (κ2) is 10.4. The van der Waals surface area contributed by atoms with E-state index in [2.05, 4.69) is 39.6 Å². The highest BCUT2D eigenvalue weighted by molar-refractivity contribution is 4.99. The third kappa shape index (κ3) is 10.1. The second-order valence-corrected chi connectivity index (χ2v) is 6.63. The zero-order valence-electron chi connectivity index (χ0n) is 13.7. The summed E-state index contributed by atoms with van der Waals surface area (Å²) in [6.07, 6.45) is 5.48. The molecule has 19 heavy (non-hydrogen) atoms. The molecule has 0 aliphatic heterocycles. The molecular weight excluding hydrogens is 234 g/mol. The Balaban J connectivity index is 4.01. The molecule has 0 aromatic heterocycles. The number of rotatable bonds is 11. The zero-order chi connectivity index (χ0) is 14.8. The van der Waals surface area contributed by atoms with Crippen molar-refractivity contribution >= 4 is 0 Å². The van der Waals surface area contributed by atoms with Crippen LogP contribution in [-0.2, 0) is 0 Å². The van der Waals surface area contributed by atoms with Crippen LogP contribution in [0, 0.1) is 11.8 Å². The molecule has 0 radical (unpaired) electrons. The van der Waals surface area contributed by atoms with Crippen molar-refractivity contribution in [2.75, 3.05) is 6.54 Å². The van der Waals surface area contributed by atoms with E-state index < -0.39 is 0 Å². The van der Waals surface area contributed by atoms with Crippen LogP contribution in [0.1, 0.15) is 66.7 Å². The molecule has 0 spiro atoms. The minimum Gasteiger partial charge on any atom is -0.388 e. The van der Waals surface area contributed by atoms with Gasteiger partial charge in [0.1, 0.15) is 0 Å². The smallest absolute Gasteiger partial charge is 0.0772 e. The summed E-state index contributed by atoms with van der Waals surface area (Å²) >= 11 is 0. The van der Waals surface area contributed by atoms with Gasteiger partial charge in [0, 0.05) is 6.04 Å². The van der Waals surface area contributed by atoms with Gasteiger partial charge in [0.15, 0.2) is 0 Å². The van der Waals surface area contributed by atoms with Crippen LogP contribution in [0.15, 0.2) is 12.2 Å². The predicted octanol–water partition coefficient (Wildman–Crippen LogP) is 4.14. The summed E-state index contributed by atoms with van der Waals surface area (Å²) in [5, 5.41) is 13.7. The average molecular weight is 269 g/mol. The zero-order valence-corrected chi connectivity index (χ0v) is 13.7. The molecule has 0 heterocycles. The Labute approximate surface area is 120 Å². The van der Waals surface area contributed by atoms with E-state index in [-0.39, 0.29) is 6.10 Å². The molecule has 0 aromatic carbocycles. The Bertz CT molecular complexity index is 235. The fraction of sp³-hybridized carbons (Fsp3) is 0.882. The molecule has 1 unspecified atom stereocenters. The monoisotopic (exact) mass is 269 g/mol. The lowest BCUT2D eigenvalue weighted by Crippen LogP contribution is -2.25. The molecule has 0 aliphatic rings. The molecule has 2 atom stereocenters. The van der Waals surface area contributed by atoms with E-state index in [1.165, 1.54) is 19.3 Å². The van der Waals surface area contributed by atoms with Crippen LogP contribution < -0.4 is 5.32 Å². The van der Waals surface area contributed by atoms with Crippen LogP contribution in [0.2, 0.25) is 0 Å². The first-order valence-electron chi connectivity index (χ1n) is 7.91. The number of aliphatic hydroxyl groups excluding tert-OH is 1. The lowest BCUT2D eigenvalue weighted by molar-refractivity contribution is 0.124. The summed E-state index contributed by atoms with van der Waals surface area (Å²) in [7, 11) is 0. The van der Waals surface area contributed by atoms with Gasteiger partial charge in [0.25, 0.3) is 0 Å². The van der Waals surface area contributed by atoms with Gasteiger partial charge >= 0.3 is 0 Å². The van der Waals surface area contributed by atoms with E-state index >= 15 is 0 Å². The quantitative estimate of drug-likeness (QED) is 0.436. The lowest BCUT2D eigenvalue weighted by atomic mass is 9.86. The van der Waals surface area contributed by atoms with E-state index in [9.17, 15) is 5.11 Å². The summed E-state index contributed by atoms with van der Waals surface area (Å²) < 4.78 is 0. The maximum Gasteiger partial charge on any atom is 0.0772 e. The predicted molar refractivity (Wildman–Crippen MR) is 85.4 cm³/mol.